The van der Waals surface area contributed by atoms with Crippen LogP contribution in [0.25, 0.3) is 0 Å². The molecule has 0 radical (unpaired) electrons. The van der Waals surface area contributed by atoms with Crippen LogP contribution in [-0.2, 0) is 6.42 Å². The van der Waals surface area contributed by atoms with Gasteiger partial charge in [0.1, 0.15) is 5.75 Å². The molecule has 1 aromatic rings. The van der Waals surface area contributed by atoms with Gasteiger partial charge in [-0.25, -0.2) is 0 Å². The molecule has 2 nitrogen and oxygen atoms in total. The standard InChI is InChI=1S/C15H21NO/c1-5-6-12(2)16-13(3)11-14-7-9-15(17-4)10-8-14/h1,7-10,12-13,16H,6,11H2,2-4H3. The summed E-state index contributed by atoms with van der Waals surface area (Å²) in [5.74, 6) is 3.57. The minimum absolute atomic E-state index is 0.369. The molecule has 0 aliphatic rings. The highest BCUT2D eigenvalue weighted by atomic mass is 16.5. The van der Waals surface area contributed by atoms with Crippen LogP contribution in [0.5, 0.6) is 5.75 Å². The number of hydrogen-bond acceptors (Lipinski definition) is 2. The van der Waals surface area contributed by atoms with Crippen molar-refractivity contribution in [2.24, 2.45) is 0 Å². The smallest absolute Gasteiger partial charge is 0.118 e. The van der Waals surface area contributed by atoms with Crippen molar-refractivity contribution in [2.75, 3.05) is 7.11 Å². The Morgan fingerprint density at radius 1 is 1.24 bits per heavy atom. The van der Waals surface area contributed by atoms with Crippen LogP contribution in [0, 0.1) is 12.3 Å². The van der Waals surface area contributed by atoms with Gasteiger partial charge in [-0.05, 0) is 38.0 Å². The van der Waals surface area contributed by atoms with Crippen LogP contribution in [0.2, 0.25) is 0 Å². The van der Waals surface area contributed by atoms with Gasteiger partial charge < -0.3 is 10.1 Å². The van der Waals surface area contributed by atoms with Crippen molar-refractivity contribution >= 4 is 0 Å². The molecular formula is C15H21NO. The lowest BCUT2D eigenvalue weighted by molar-refractivity contribution is 0.414. The summed E-state index contributed by atoms with van der Waals surface area (Å²) in [5, 5.41) is 3.48. The summed E-state index contributed by atoms with van der Waals surface area (Å²) in [5.41, 5.74) is 1.30. The molecule has 2 heteroatoms. The van der Waals surface area contributed by atoms with E-state index in [1.165, 1.54) is 5.56 Å². The minimum Gasteiger partial charge on any atom is -0.497 e. The van der Waals surface area contributed by atoms with Gasteiger partial charge in [-0.1, -0.05) is 12.1 Å². The highest BCUT2D eigenvalue weighted by Crippen LogP contribution is 2.12. The fourth-order valence-corrected chi connectivity index (χ4v) is 1.90. The molecule has 17 heavy (non-hydrogen) atoms. The molecular weight excluding hydrogens is 210 g/mol. The Morgan fingerprint density at radius 2 is 1.88 bits per heavy atom. The quantitative estimate of drug-likeness (QED) is 0.760. The van der Waals surface area contributed by atoms with Crippen LogP contribution in [0.3, 0.4) is 0 Å². The SMILES string of the molecule is C#CCC(C)NC(C)Cc1ccc(OC)cc1. The van der Waals surface area contributed by atoms with Crippen LogP contribution in [0.4, 0.5) is 0 Å². The van der Waals surface area contributed by atoms with Crippen LogP contribution >= 0.6 is 0 Å². The first-order valence-corrected chi connectivity index (χ1v) is 5.98. The Bertz CT molecular complexity index is 364. The molecule has 1 N–H and O–H groups in total. The molecule has 0 amide bonds. The first-order chi connectivity index (χ1) is 8.15. The van der Waals surface area contributed by atoms with Crippen molar-refractivity contribution in [2.45, 2.75) is 38.8 Å². The molecule has 92 valence electrons. The van der Waals surface area contributed by atoms with Crippen molar-refractivity contribution in [1.29, 1.82) is 0 Å². The van der Waals surface area contributed by atoms with Crippen LogP contribution in [0.15, 0.2) is 24.3 Å². The zero-order chi connectivity index (χ0) is 12.7. The number of rotatable bonds is 6. The van der Waals surface area contributed by atoms with Gasteiger partial charge in [-0.15, -0.1) is 12.3 Å². The first kappa shape index (κ1) is 13.6. The number of ether oxygens (including phenoxy) is 1. The molecule has 0 aromatic heterocycles. The van der Waals surface area contributed by atoms with E-state index in [0.29, 0.717) is 12.1 Å². The van der Waals surface area contributed by atoms with Crippen LogP contribution < -0.4 is 10.1 Å². The molecule has 0 heterocycles. The summed E-state index contributed by atoms with van der Waals surface area (Å²) in [7, 11) is 1.68. The van der Waals surface area contributed by atoms with Gasteiger partial charge in [0, 0.05) is 18.5 Å². The van der Waals surface area contributed by atoms with Gasteiger partial charge in [0.2, 0.25) is 0 Å². The normalized spacial score (nSPS) is 13.8. The molecule has 0 fully saturated rings. The molecule has 2 unspecified atom stereocenters. The van der Waals surface area contributed by atoms with Gasteiger partial charge in [-0.3, -0.25) is 0 Å². The van der Waals surface area contributed by atoms with E-state index in [2.05, 4.69) is 37.2 Å². The molecule has 2 atom stereocenters. The van der Waals surface area contributed by atoms with Crippen molar-refractivity contribution in [1.82, 2.24) is 5.32 Å². The lowest BCUT2D eigenvalue weighted by Crippen LogP contribution is -2.35. The second-order valence-electron chi connectivity index (χ2n) is 4.43. The fourth-order valence-electron chi connectivity index (χ4n) is 1.90. The topological polar surface area (TPSA) is 21.3 Å². The Balaban J connectivity index is 2.44. The van der Waals surface area contributed by atoms with Crippen molar-refractivity contribution in [3.8, 4) is 18.1 Å². The Kier molecular flexibility index (Phi) is 5.59. The molecule has 0 aliphatic carbocycles. The number of hydrogen-bond donors (Lipinski definition) is 1. The van der Waals surface area contributed by atoms with E-state index in [-0.39, 0.29) is 0 Å². The summed E-state index contributed by atoms with van der Waals surface area (Å²) >= 11 is 0. The molecule has 0 saturated carbocycles. The number of nitrogens with one attached hydrogen (secondary N) is 1. The van der Waals surface area contributed by atoms with E-state index < -0.39 is 0 Å². The average molecular weight is 231 g/mol. The fraction of sp³-hybridized carbons (Fsp3) is 0.467. The van der Waals surface area contributed by atoms with Crippen molar-refractivity contribution in [3.63, 3.8) is 0 Å². The van der Waals surface area contributed by atoms with Crippen molar-refractivity contribution in [3.05, 3.63) is 29.8 Å². The maximum atomic E-state index is 5.29. The lowest BCUT2D eigenvalue weighted by Gasteiger charge is -2.18. The summed E-state index contributed by atoms with van der Waals surface area (Å²) in [6, 6.07) is 8.98. The molecule has 1 rings (SSSR count). The third-order valence-electron chi connectivity index (χ3n) is 2.69. The largest absolute Gasteiger partial charge is 0.497 e. The van der Waals surface area contributed by atoms with E-state index >= 15 is 0 Å². The Hall–Kier alpha value is -1.46. The number of benzene rings is 1. The minimum atomic E-state index is 0.369. The zero-order valence-electron chi connectivity index (χ0n) is 10.9. The van der Waals surface area contributed by atoms with Gasteiger partial charge >= 0.3 is 0 Å². The molecule has 0 saturated heterocycles. The van der Waals surface area contributed by atoms with E-state index in [1.807, 2.05) is 12.1 Å². The third-order valence-corrected chi connectivity index (χ3v) is 2.69. The van der Waals surface area contributed by atoms with Crippen molar-refractivity contribution < 1.29 is 4.74 Å². The molecule has 0 spiro atoms. The van der Waals surface area contributed by atoms with E-state index in [4.69, 9.17) is 11.2 Å². The molecule has 0 bridgehead atoms. The molecule has 1 aromatic carbocycles. The van der Waals surface area contributed by atoms with Crippen LogP contribution in [-0.4, -0.2) is 19.2 Å². The summed E-state index contributed by atoms with van der Waals surface area (Å²) in [4.78, 5) is 0. The summed E-state index contributed by atoms with van der Waals surface area (Å²) in [6.07, 6.45) is 7.06. The van der Waals surface area contributed by atoms with Gasteiger partial charge in [0.15, 0.2) is 0 Å². The number of methoxy groups -OCH3 is 1. The maximum absolute atomic E-state index is 5.29. The first-order valence-electron chi connectivity index (χ1n) is 5.98. The van der Waals surface area contributed by atoms with E-state index in [1.54, 1.807) is 7.11 Å². The highest BCUT2D eigenvalue weighted by Gasteiger charge is 2.07. The van der Waals surface area contributed by atoms with Gasteiger partial charge in [0.05, 0.1) is 7.11 Å². The summed E-state index contributed by atoms with van der Waals surface area (Å²) < 4.78 is 5.13. The predicted octanol–water partition coefficient (Wildman–Crippen LogP) is 2.63. The van der Waals surface area contributed by atoms with Gasteiger partial charge in [-0.2, -0.15) is 0 Å². The summed E-state index contributed by atoms with van der Waals surface area (Å²) in [6.45, 7) is 4.29. The predicted molar refractivity (Wildman–Crippen MR) is 72.2 cm³/mol. The average Bonchev–Trinajstić information content (AvgIpc) is 2.30. The second-order valence-corrected chi connectivity index (χ2v) is 4.43. The lowest BCUT2D eigenvalue weighted by atomic mass is 10.1. The second kappa shape index (κ2) is 6.98. The van der Waals surface area contributed by atoms with E-state index in [0.717, 1.165) is 18.6 Å². The number of terminal acetylenes is 1. The Morgan fingerprint density at radius 3 is 2.41 bits per heavy atom. The highest BCUT2D eigenvalue weighted by molar-refractivity contribution is 5.27. The Labute approximate surface area is 104 Å². The molecule has 0 aliphatic heterocycles. The maximum Gasteiger partial charge on any atom is 0.118 e. The third kappa shape index (κ3) is 4.93. The zero-order valence-corrected chi connectivity index (χ0v) is 10.9. The van der Waals surface area contributed by atoms with Crippen LogP contribution in [0.1, 0.15) is 25.8 Å². The van der Waals surface area contributed by atoms with Gasteiger partial charge in [0.25, 0.3) is 0 Å². The van der Waals surface area contributed by atoms with E-state index in [9.17, 15) is 0 Å². The monoisotopic (exact) mass is 231 g/mol.